The van der Waals surface area contributed by atoms with Crippen LogP contribution in [-0.2, 0) is 4.74 Å². The lowest BCUT2D eigenvalue weighted by Crippen LogP contribution is -2.37. The van der Waals surface area contributed by atoms with Gasteiger partial charge in [-0.3, -0.25) is 14.9 Å². The smallest absolute Gasteiger partial charge is 0.0594 e. The van der Waals surface area contributed by atoms with E-state index in [0.29, 0.717) is 0 Å². The largest absolute Gasteiger partial charge is 0.379 e. The fourth-order valence-electron chi connectivity index (χ4n) is 2.32. The van der Waals surface area contributed by atoms with Crippen molar-refractivity contribution in [2.75, 3.05) is 39.4 Å². The van der Waals surface area contributed by atoms with E-state index >= 15 is 0 Å². The number of aryl methyl sites for hydroxylation is 2. The Bertz CT molecular complexity index is 405. The van der Waals surface area contributed by atoms with Gasteiger partial charge in [-0.1, -0.05) is 0 Å². The summed E-state index contributed by atoms with van der Waals surface area (Å²) in [7, 11) is 0. The molecule has 1 fully saturated rings. The van der Waals surface area contributed by atoms with Crippen molar-refractivity contribution in [1.82, 2.24) is 9.88 Å². The molecule has 19 heavy (non-hydrogen) atoms. The van der Waals surface area contributed by atoms with Gasteiger partial charge < -0.3 is 4.74 Å². The molecule has 0 N–H and O–H groups in total. The van der Waals surface area contributed by atoms with Crippen LogP contribution in [0.2, 0.25) is 0 Å². The molecule has 1 aromatic heterocycles. The van der Waals surface area contributed by atoms with E-state index in [1.807, 2.05) is 20.1 Å². The third kappa shape index (κ3) is 5.09. The van der Waals surface area contributed by atoms with E-state index in [-0.39, 0.29) is 0 Å². The highest BCUT2D eigenvalue weighted by Gasteiger charge is 2.08. The lowest BCUT2D eigenvalue weighted by Gasteiger charge is -2.26. The van der Waals surface area contributed by atoms with Crippen molar-refractivity contribution in [3.05, 3.63) is 29.1 Å². The molecule has 1 aliphatic heterocycles. The van der Waals surface area contributed by atoms with E-state index in [1.165, 1.54) is 0 Å². The van der Waals surface area contributed by atoms with Crippen molar-refractivity contribution in [2.45, 2.75) is 20.3 Å². The molecular formula is C15H23N3O. The van der Waals surface area contributed by atoms with Crippen molar-refractivity contribution in [3.63, 3.8) is 0 Å². The third-order valence-corrected chi connectivity index (χ3v) is 3.21. The molecule has 2 rings (SSSR count). The fourth-order valence-corrected chi connectivity index (χ4v) is 2.32. The second kappa shape index (κ2) is 7.36. The topological polar surface area (TPSA) is 37.7 Å². The van der Waals surface area contributed by atoms with E-state index in [9.17, 15) is 0 Å². The van der Waals surface area contributed by atoms with E-state index in [2.05, 4.69) is 27.0 Å². The van der Waals surface area contributed by atoms with Crippen molar-refractivity contribution in [1.29, 1.82) is 0 Å². The minimum atomic E-state index is 0.874. The number of morpholine rings is 1. The first kappa shape index (κ1) is 14.2. The number of nitrogens with zero attached hydrogens (tertiary/aromatic N) is 3. The van der Waals surface area contributed by atoms with Crippen LogP contribution in [0.1, 0.15) is 23.4 Å². The second-order valence-electron chi connectivity index (χ2n) is 5.03. The Labute approximate surface area is 115 Å². The first-order valence-electron chi connectivity index (χ1n) is 6.99. The molecule has 0 bridgehead atoms. The lowest BCUT2D eigenvalue weighted by atomic mass is 10.2. The number of aromatic nitrogens is 1. The Hall–Kier alpha value is -1.26. The Morgan fingerprint density at radius 1 is 1.26 bits per heavy atom. The van der Waals surface area contributed by atoms with Crippen molar-refractivity contribution < 1.29 is 4.74 Å². The summed E-state index contributed by atoms with van der Waals surface area (Å²) >= 11 is 0. The van der Waals surface area contributed by atoms with Gasteiger partial charge in [0.15, 0.2) is 0 Å². The van der Waals surface area contributed by atoms with Crippen LogP contribution in [0.3, 0.4) is 0 Å². The average molecular weight is 261 g/mol. The number of ether oxygens (including phenoxy) is 1. The molecule has 1 saturated heterocycles. The van der Waals surface area contributed by atoms with Crippen LogP contribution >= 0.6 is 0 Å². The summed E-state index contributed by atoms with van der Waals surface area (Å²) in [4.78, 5) is 11.3. The molecule has 1 aromatic rings. The highest BCUT2D eigenvalue weighted by Crippen LogP contribution is 2.03. The van der Waals surface area contributed by atoms with Gasteiger partial charge in [-0.25, -0.2) is 0 Å². The minimum Gasteiger partial charge on any atom is -0.379 e. The zero-order valence-electron chi connectivity index (χ0n) is 11.9. The van der Waals surface area contributed by atoms with E-state index in [1.54, 1.807) is 0 Å². The molecule has 4 heteroatoms. The molecule has 0 unspecified atom stereocenters. The summed E-state index contributed by atoms with van der Waals surface area (Å²) in [5, 5.41) is 0. The maximum atomic E-state index is 5.33. The van der Waals surface area contributed by atoms with Crippen LogP contribution in [0.15, 0.2) is 17.1 Å². The minimum absolute atomic E-state index is 0.874. The fraction of sp³-hybridized carbons (Fsp3) is 0.600. The van der Waals surface area contributed by atoms with E-state index < -0.39 is 0 Å². The maximum Gasteiger partial charge on any atom is 0.0594 e. The van der Waals surface area contributed by atoms with Crippen molar-refractivity contribution in [3.8, 4) is 0 Å². The Morgan fingerprint density at radius 3 is 2.63 bits per heavy atom. The summed E-state index contributed by atoms with van der Waals surface area (Å²) in [6, 6.07) is 4.14. The van der Waals surface area contributed by atoms with Crippen LogP contribution in [0.25, 0.3) is 0 Å². The zero-order chi connectivity index (χ0) is 13.5. The standard InChI is InChI=1S/C15H23N3O/c1-13-10-15(11-14(2)17-13)12-16-4-3-5-18-6-8-19-9-7-18/h10-12H,3-9H2,1-2H3. The number of hydrogen-bond acceptors (Lipinski definition) is 4. The van der Waals surface area contributed by atoms with Gasteiger partial charge in [0.05, 0.1) is 13.2 Å². The molecule has 4 nitrogen and oxygen atoms in total. The monoisotopic (exact) mass is 261 g/mol. The summed E-state index contributed by atoms with van der Waals surface area (Å²) in [6.07, 6.45) is 3.07. The summed E-state index contributed by atoms with van der Waals surface area (Å²) in [5.41, 5.74) is 3.25. The number of aliphatic imine (C=N–C) groups is 1. The van der Waals surface area contributed by atoms with Crippen LogP contribution < -0.4 is 0 Å². The second-order valence-corrected chi connectivity index (χ2v) is 5.03. The molecule has 0 amide bonds. The molecule has 2 heterocycles. The summed E-state index contributed by atoms with van der Waals surface area (Å²) < 4.78 is 5.33. The number of hydrogen-bond donors (Lipinski definition) is 0. The van der Waals surface area contributed by atoms with Crippen LogP contribution in [0.4, 0.5) is 0 Å². The predicted octanol–water partition coefficient (Wildman–Crippen LogP) is 1.84. The lowest BCUT2D eigenvalue weighted by molar-refractivity contribution is 0.0377. The van der Waals surface area contributed by atoms with Gasteiger partial charge in [0.1, 0.15) is 0 Å². The first-order chi connectivity index (χ1) is 9.24. The van der Waals surface area contributed by atoms with Crippen LogP contribution in [0, 0.1) is 13.8 Å². The van der Waals surface area contributed by atoms with E-state index in [0.717, 1.165) is 62.8 Å². The van der Waals surface area contributed by atoms with Crippen LogP contribution in [-0.4, -0.2) is 55.5 Å². The van der Waals surface area contributed by atoms with E-state index in [4.69, 9.17) is 4.74 Å². The molecule has 0 radical (unpaired) electrons. The number of rotatable bonds is 5. The average Bonchev–Trinajstić information content (AvgIpc) is 2.38. The van der Waals surface area contributed by atoms with Crippen molar-refractivity contribution >= 4 is 6.21 Å². The van der Waals surface area contributed by atoms with Gasteiger partial charge in [0.2, 0.25) is 0 Å². The Balaban J connectivity index is 1.70. The molecule has 0 atom stereocenters. The third-order valence-electron chi connectivity index (χ3n) is 3.21. The van der Waals surface area contributed by atoms with Gasteiger partial charge >= 0.3 is 0 Å². The Kier molecular flexibility index (Phi) is 5.48. The maximum absolute atomic E-state index is 5.33. The van der Waals surface area contributed by atoms with Crippen LogP contribution in [0.5, 0.6) is 0 Å². The molecule has 104 valence electrons. The first-order valence-corrected chi connectivity index (χ1v) is 6.99. The zero-order valence-corrected chi connectivity index (χ0v) is 11.9. The Morgan fingerprint density at radius 2 is 1.95 bits per heavy atom. The quantitative estimate of drug-likeness (QED) is 0.599. The molecule has 0 spiro atoms. The number of pyridine rings is 1. The predicted molar refractivity (Wildman–Crippen MR) is 78.0 cm³/mol. The van der Waals surface area contributed by atoms with Gasteiger partial charge in [-0.15, -0.1) is 0 Å². The summed E-state index contributed by atoms with van der Waals surface area (Å²) in [5.74, 6) is 0. The van der Waals surface area contributed by atoms with Gasteiger partial charge in [-0.2, -0.15) is 0 Å². The van der Waals surface area contributed by atoms with Gasteiger partial charge in [0, 0.05) is 43.8 Å². The molecule has 0 saturated carbocycles. The molecule has 0 aliphatic carbocycles. The van der Waals surface area contributed by atoms with Gasteiger partial charge in [0.25, 0.3) is 0 Å². The van der Waals surface area contributed by atoms with Gasteiger partial charge in [-0.05, 0) is 38.0 Å². The summed E-state index contributed by atoms with van der Waals surface area (Å²) in [6.45, 7) is 9.91. The normalized spacial score (nSPS) is 17.2. The molecule has 0 aromatic carbocycles. The SMILES string of the molecule is Cc1cc(C=NCCCN2CCOCC2)cc(C)n1. The van der Waals surface area contributed by atoms with Crippen molar-refractivity contribution in [2.24, 2.45) is 4.99 Å². The molecule has 1 aliphatic rings. The highest BCUT2D eigenvalue weighted by molar-refractivity contribution is 5.79. The highest BCUT2D eigenvalue weighted by atomic mass is 16.5. The molecular weight excluding hydrogens is 238 g/mol.